The summed E-state index contributed by atoms with van der Waals surface area (Å²) in [7, 11) is 0. The molecule has 1 unspecified atom stereocenters. The molecule has 2 fully saturated rings. The van der Waals surface area contributed by atoms with Gasteiger partial charge in [0.05, 0.1) is 0 Å². The summed E-state index contributed by atoms with van der Waals surface area (Å²) in [5.74, 6) is -0.538. The van der Waals surface area contributed by atoms with Crippen LogP contribution >= 0.6 is 0 Å². The zero-order valence-electron chi connectivity index (χ0n) is 13.3. The third-order valence-electron chi connectivity index (χ3n) is 4.83. The van der Waals surface area contributed by atoms with Gasteiger partial charge < -0.3 is 19.9 Å². The number of hydrogen-bond acceptors (Lipinski definition) is 5. The van der Waals surface area contributed by atoms with Crippen LogP contribution in [0.4, 0.5) is 5.69 Å². The van der Waals surface area contributed by atoms with Crippen LogP contribution in [-0.2, 0) is 9.59 Å². The Bertz CT molecular complexity index is 808. The molecule has 3 heterocycles. The number of aromatic hydroxyl groups is 1. The average molecular weight is 328 g/mol. The van der Waals surface area contributed by atoms with Crippen molar-refractivity contribution in [1.82, 2.24) is 15.2 Å². The first-order valence-electron chi connectivity index (χ1n) is 8.26. The number of rotatable bonds is 2. The van der Waals surface area contributed by atoms with Gasteiger partial charge in [0.1, 0.15) is 6.04 Å². The van der Waals surface area contributed by atoms with Gasteiger partial charge >= 0.3 is 0 Å². The third-order valence-corrected chi connectivity index (χ3v) is 4.83. The molecule has 4 rings (SSSR count). The number of fused-ring (bicyclic) bond motifs is 1. The van der Waals surface area contributed by atoms with Crippen LogP contribution in [0.5, 0.6) is 5.88 Å². The van der Waals surface area contributed by atoms with Gasteiger partial charge in [-0.2, -0.15) is 0 Å². The summed E-state index contributed by atoms with van der Waals surface area (Å²) >= 11 is 0. The van der Waals surface area contributed by atoms with Crippen molar-refractivity contribution in [2.24, 2.45) is 0 Å². The van der Waals surface area contributed by atoms with Crippen molar-refractivity contribution in [2.45, 2.75) is 18.9 Å². The van der Waals surface area contributed by atoms with Gasteiger partial charge in [-0.15, -0.1) is 0 Å². The minimum Gasteiger partial charge on any atom is -0.494 e. The Kier molecular flexibility index (Phi) is 3.65. The summed E-state index contributed by atoms with van der Waals surface area (Å²) in [6, 6.07) is 5.40. The van der Waals surface area contributed by atoms with E-state index in [0.717, 1.165) is 42.6 Å². The van der Waals surface area contributed by atoms with Crippen molar-refractivity contribution in [3.63, 3.8) is 0 Å². The molecule has 7 nitrogen and oxygen atoms in total. The van der Waals surface area contributed by atoms with Crippen molar-refractivity contribution in [3.8, 4) is 5.88 Å². The number of piperazine rings is 1. The van der Waals surface area contributed by atoms with Gasteiger partial charge in [-0.25, -0.2) is 0 Å². The van der Waals surface area contributed by atoms with Gasteiger partial charge in [-0.05, 0) is 24.6 Å². The van der Waals surface area contributed by atoms with Gasteiger partial charge in [0.2, 0.25) is 11.8 Å². The van der Waals surface area contributed by atoms with E-state index in [9.17, 15) is 14.7 Å². The Morgan fingerprint density at radius 1 is 1.17 bits per heavy atom. The van der Waals surface area contributed by atoms with Crippen LogP contribution < -0.4 is 15.5 Å². The number of nitrogens with zero attached hydrogens (tertiary/aromatic N) is 2. The molecule has 1 atom stereocenters. The normalized spacial score (nSPS) is 22.0. The third kappa shape index (κ3) is 2.50. The molecular weight excluding hydrogens is 308 g/mol. The second-order valence-electron chi connectivity index (χ2n) is 6.34. The Balaban J connectivity index is 1.69. The average Bonchev–Trinajstić information content (AvgIpc) is 2.92. The first-order chi connectivity index (χ1) is 11.6. The fourth-order valence-corrected chi connectivity index (χ4v) is 3.52. The van der Waals surface area contributed by atoms with Crippen molar-refractivity contribution in [3.05, 3.63) is 24.4 Å². The topological polar surface area (TPSA) is 86.6 Å². The predicted octanol–water partition coefficient (Wildman–Crippen LogP) is 0.734. The zero-order valence-corrected chi connectivity index (χ0v) is 13.3. The van der Waals surface area contributed by atoms with Crippen LogP contribution in [0.1, 0.15) is 18.9 Å². The highest BCUT2D eigenvalue weighted by Gasteiger charge is 2.30. The first-order valence-corrected chi connectivity index (χ1v) is 8.26. The number of imide groups is 1. The highest BCUT2D eigenvalue weighted by atomic mass is 16.3. The van der Waals surface area contributed by atoms with E-state index in [2.05, 4.69) is 15.5 Å². The molecule has 24 heavy (non-hydrogen) atoms. The predicted molar refractivity (Wildman–Crippen MR) is 90.1 cm³/mol. The van der Waals surface area contributed by atoms with Crippen LogP contribution in [0.15, 0.2) is 24.4 Å². The smallest absolute Gasteiger partial charge is 0.249 e. The standard InChI is InChI=1S/C17H20N4O3/c22-15-4-3-14(16(23)19-15)21-10-11-9-12(1-2-13(11)17(21)24)20-7-5-18-6-8-20/h1-2,9-10,14,18,24H,3-8H2,(H,19,22,23). The van der Waals surface area contributed by atoms with E-state index in [4.69, 9.17) is 0 Å². The van der Waals surface area contributed by atoms with Crippen LogP contribution in [0.3, 0.4) is 0 Å². The highest BCUT2D eigenvalue weighted by molar-refractivity contribution is 6.00. The van der Waals surface area contributed by atoms with Crippen LogP contribution in [-0.4, -0.2) is 47.7 Å². The summed E-state index contributed by atoms with van der Waals surface area (Å²) in [5.41, 5.74) is 1.12. The molecule has 3 N–H and O–H groups in total. The minimum absolute atomic E-state index is 0.0753. The molecule has 2 saturated heterocycles. The molecule has 1 aromatic carbocycles. The largest absolute Gasteiger partial charge is 0.494 e. The van der Waals surface area contributed by atoms with E-state index in [1.54, 1.807) is 10.8 Å². The first kappa shape index (κ1) is 15.0. The number of carbonyl (C=O) groups excluding carboxylic acids is 2. The maximum atomic E-state index is 12.1. The molecule has 2 aromatic rings. The van der Waals surface area contributed by atoms with Gasteiger partial charge in [-0.3, -0.25) is 14.9 Å². The number of anilines is 1. The van der Waals surface area contributed by atoms with Crippen LogP contribution in [0.25, 0.3) is 10.8 Å². The number of piperidine rings is 1. The summed E-state index contributed by atoms with van der Waals surface area (Å²) in [4.78, 5) is 25.7. The molecule has 2 amide bonds. The van der Waals surface area contributed by atoms with E-state index < -0.39 is 6.04 Å². The van der Waals surface area contributed by atoms with E-state index in [0.29, 0.717) is 6.42 Å². The molecule has 0 saturated carbocycles. The number of aromatic nitrogens is 1. The van der Waals surface area contributed by atoms with Gasteiger partial charge in [0.25, 0.3) is 0 Å². The number of nitrogens with one attached hydrogen (secondary N) is 2. The Labute approximate surface area is 139 Å². The van der Waals surface area contributed by atoms with E-state index in [-0.39, 0.29) is 24.1 Å². The molecule has 0 spiro atoms. The van der Waals surface area contributed by atoms with Crippen LogP contribution in [0, 0.1) is 0 Å². The summed E-state index contributed by atoms with van der Waals surface area (Å²) in [6.07, 6.45) is 2.50. The number of hydrogen-bond donors (Lipinski definition) is 3. The maximum Gasteiger partial charge on any atom is 0.249 e. The molecule has 0 radical (unpaired) electrons. The van der Waals surface area contributed by atoms with Crippen molar-refractivity contribution in [2.75, 3.05) is 31.1 Å². The monoisotopic (exact) mass is 328 g/mol. The Morgan fingerprint density at radius 2 is 1.96 bits per heavy atom. The second-order valence-corrected chi connectivity index (χ2v) is 6.34. The zero-order chi connectivity index (χ0) is 16.7. The lowest BCUT2D eigenvalue weighted by Crippen LogP contribution is -2.43. The lowest BCUT2D eigenvalue weighted by atomic mass is 10.1. The molecular formula is C17H20N4O3. The fraction of sp³-hybridized carbons (Fsp3) is 0.412. The number of benzene rings is 1. The number of carbonyl (C=O) groups is 2. The van der Waals surface area contributed by atoms with E-state index in [1.165, 1.54) is 0 Å². The summed E-state index contributed by atoms with van der Waals surface area (Å²) < 4.78 is 1.58. The SMILES string of the molecule is O=C1CCC(n2cc3cc(N4CCNCC4)ccc3c2O)C(=O)N1. The number of amides is 2. The molecule has 1 aromatic heterocycles. The highest BCUT2D eigenvalue weighted by Crippen LogP contribution is 2.34. The van der Waals surface area contributed by atoms with Crippen molar-refractivity contribution >= 4 is 28.3 Å². The van der Waals surface area contributed by atoms with Crippen molar-refractivity contribution < 1.29 is 14.7 Å². The molecule has 0 aliphatic carbocycles. The fourth-order valence-electron chi connectivity index (χ4n) is 3.52. The molecule has 2 aliphatic heterocycles. The molecule has 2 aliphatic rings. The Hall–Kier alpha value is -2.54. The lowest BCUT2D eigenvalue weighted by molar-refractivity contribution is -0.135. The lowest BCUT2D eigenvalue weighted by Gasteiger charge is -2.29. The molecule has 0 bridgehead atoms. The van der Waals surface area contributed by atoms with E-state index in [1.807, 2.05) is 18.2 Å². The molecule has 126 valence electrons. The summed E-state index contributed by atoms with van der Waals surface area (Å²) in [5, 5.41) is 17.8. The van der Waals surface area contributed by atoms with Gasteiger partial charge in [0, 0.05) is 55.3 Å². The summed E-state index contributed by atoms with van der Waals surface area (Å²) in [6.45, 7) is 3.82. The second kappa shape index (κ2) is 5.83. The van der Waals surface area contributed by atoms with Crippen molar-refractivity contribution in [1.29, 1.82) is 0 Å². The van der Waals surface area contributed by atoms with Gasteiger partial charge in [-0.1, -0.05) is 0 Å². The van der Waals surface area contributed by atoms with Gasteiger partial charge in [0.15, 0.2) is 5.88 Å². The molecule has 7 heteroatoms. The quantitative estimate of drug-likeness (QED) is 0.708. The Morgan fingerprint density at radius 3 is 2.71 bits per heavy atom. The van der Waals surface area contributed by atoms with E-state index >= 15 is 0 Å². The maximum absolute atomic E-state index is 12.1. The van der Waals surface area contributed by atoms with Crippen LogP contribution in [0.2, 0.25) is 0 Å². The minimum atomic E-state index is -0.544.